The molecule has 1 aromatic heterocycles. The third kappa shape index (κ3) is 3.63. The number of methoxy groups -OCH3 is 1. The Bertz CT molecular complexity index is 659. The molecule has 0 aliphatic rings. The number of ether oxygens (including phenoxy) is 1. The minimum Gasteiger partial charge on any atom is -0.479 e. The lowest BCUT2D eigenvalue weighted by Crippen LogP contribution is -2.18. The average molecular weight is 397 g/mol. The van der Waals surface area contributed by atoms with Crippen molar-refractivity contribution in [2.45, 2.75) is 0 Å². The van der Waals surface area contributed by atoms with E-state index in [9.17, 15) is 4.79 Å². The van der Waals surface area contributed by atoms with Crippen LogP contribution in [0.4, 0.5) is 11.4 Å². The number of nitrogens with one attached hydrogen (secondary N) is 1. The Morgan fingerprint density at radius 1 is 1.33 bits per heavy atom. The molecule has 0 atom stereocenters. The minimum absolute atomic E-state index is 0.192. The predicted octanol–water partition coefficient (Wildman–Crippen LogP) is 3.01. The summed E-state index contributed by atoms with van der Waals surface area (Å²) in [5, 5.41) is 2.88. The van der Waals surface area contributed by atoms with E-state index in [4.69, 9.17) is 4.74 Å². The van der Waals surface area contributed by atoms with Gasteiger partial charge in [0.25, 0.3) is 5.91 Å². The van der Waals surface area contributed by atoms with Crippen molar-refractivity contribution < 1.29 is 9.53 Å². The molecule has 0 bridgehead atoms. The van der Waals surface area contributed by atoms with Gasteiger partial charge in [-0.05, 0) is 46.9 Å². The normalized spacial score (nSPS) is 10.1. The molecule has 1 amide bonds. The Hall–Kier alpha value is -1.83. The third-order valence-corrected chi connectivity index (χ3v) is 3.57. The van der Waals surface area contributed by atoms with E-state index in [1.807, 2.05) is 43.3 Å². The Morgan fingerprint density at radius 3 is 2.71 bits per heavy atom. The topological polar surface area (TPSA) is 54.5 Å². The highest BCUT2D eigenvalue weighted by molar-refractivity contribution is 14.1. The maximum Gasteiger partial charge on any atom is 0.255 e. The molecule has 1 heterocycles. The first-order valence-electron chi connectivity index (χ1n) is 6.30. The second kappa shape index (κ2) is 6.75. The van der Waals surface area contributed by atoms with E-state index in [1.54, 1.807) is 12.3 Å². The number of aromatic nitrogens is 1. The number of hydrogen-bond acceptors (Lipinski definition) is 4. The Balaban J connectivity index is 2.36. The molecule has 110 valence electrons. The number of halogens is 1. The molecule has 6 heteroatoms. The van der Waals surface area contributed by atoms with Gasteiger partial charge in [0, 0.05) is 29.4 Å². The van der Waals surface area contributed by atoms with Crippen LogP contribution >= 0.6 is 22.6 Å². The van der Waals surface area contributed by atoms with Crippen LogP contribution in [-0.2, 0) is 0 Å². The summed E-state index contributed by atoms with van der Waals surface area (Å²) in [7, 11) is 5.33. The fraction of sp³-hybridized carbons (Fsp3) is 0.200. The molecular formula is C15H16IN3O2. The van der Waals surface area contributed by atoms with Gasteiger partial charge in [0.1, 0.15) is 5.69 Å². The number of hydrogen-bond donors (Lipinski definition) is 1. The monoisotopic (exact) mass is 397 g/mol. The highest BCUT2D eigenvalue weighted by Gasteiger charge is 2.16. The van der Waals surface area contributed by atoms with Crippen molar-refractivity contribution >= 4 is 39.9 Å². The van der Waals surface area contributed by atoms with Crippen LogP contribution < -0.4 is 15.0 Å². The number of pyridine rings is 1. The van der Waals surface area contributed by atoms with Crippen LogP contribution in [0.3, 0.4) is 0 Å². The molecule has 0 radical (unpaired) electrons. The zero-order chi connectivity index (χ0) is 15.4. The number of benzene rings is 1. The van der Waals surface area contributed by atoms with E-state index in [-0.39, 0.29) is 5.91 Å². The predicted molar refractivity (Wildman–Crippen MR) is 92.2 cm³/mol. The number of amides is 1. The summed E-state index contributed by atoms with van der Waals surface area (Å²) >= 11 is 2.18. The highest BCUT2D eigenvalue weighted by atomic mass is 127. The quantitative estimate of drug-likeness (QED) is 0.807. The molecule has 1 N–H and O–H groups in total. The van der Waals surface area contributed by atoms with Crippen LogP contribution in [-0.4, -0.2) is 32.1 Å². The summed E-state index contributed by atoms with van der Waals surface area (Å²) in [5.41, 5.74) is 1.99. The van der Waals surface area contributed by atoms with Crippen molar-refractivity contribution in [1.82, 2.24) is 4.98 Å². The van der Waals surface area contributed by atoms with Crippen LogP contribution in [0.25, 0.3) is 0 Å². The molecule has 21 heavy (non-hydrogen) atoms. The lowest BCUT2D eigenvalue weighted by Gasteiger charge is -2.19. The molecule has 2 rings (SSSR count). The van der Waals surface area contributed by atoms with Gasteiger partial charge >= 0.3 is 0 Å². The molecule has 5 nitrogen and oxygen atoms in total. The van der Waals surface area contributed by atoms with Crippen LogP contribution in [0.2, 0.25) is 0 Å². The van der Waals surface area contributed by atoms with Gasteiger partial charge in [0.2, 0.25) is 5.88 Å². The maximum absolute atomic E-state index is 12.4. The second-order valence-electron chi connectivity index (χ2n) is 4.57. The average Bonchev–Trinajstić information content (AvgIpc) is 2.47. The van der Waals surface area contributed by atoms with Crippen LogP contribution in [0.5, 0.6) is 5.88 Å². The SMILES string of the molecule is COc1nccc(N(C)C)c1NC(=O)c1cccc(I)c1. The molecule has 0 spiro atoms. The Labute approximate surface area is 137 Å². The fourth-order valence-electron chi connectivity index (χ4n) is 1.89. The number of rotatable bonds is 4. The summed E-state index contributed by atoms with van der Waals surface area (Å²) in [5.74, 6) is 0.197. The molecule has 0 aliphatic carbocycles. The third-order valence-electron chi connectivity index (χ3n) is 2.89. The van der Waals surface area contributed by atoms with Gasteiger partial charge in [-0.15, -0.1) is 0 Å². The first-order chi connectivity index (χ1) is 10.0. The fourth-order valence-corrected chi connectivity index (χ4v) is 2.44. The summed E-state index contributed by atoms with van der Waals surface area (Å²) in [4.78, 5) is 18.4. The van der Waals surface area contributed by atoms with E-state index >= 15 is 0 Å². The Morgan fingerprint density at radius 2 is 2.10 bits per heavy atom. The standard InChI is InChI=1S/C15H16IN3O2/c1-19(2)12-7-8-17-15(21-3)13(12)18-14(20)10-5-4-6-11(16)9-10/h4-9H,1-3H3,(H,18,20). The van der Waals surface area contributed by atoms with Crippen molar-refractivity contribution in [2.75, 3.05) is 31.4 Å². The van der Waals surface area contributed by atoms with Crippen molar-refractivity contribution in [3.63, 3.8) is 0 Å². The summed E-state index contributed by atoms with van der Waals surface area (Å²) in [6.07, 6.45) is 1.65. The van der Waals surface area contributed by atoms with E-state index in [0.717, 1.165) is 9.26 Å². The first-order valence-corrected chi connectivity index (χ1v) is 7.38. The molecule has 0 saturated heterocycles. The first kappa shape index (κ1) is 15.6. The van der Waals surface area contributed by atoms with Gasteiger partial charge in [-0.1, -0.05) is 6.07 Å². The van der Waals surface area contributed by atoms with E-state index in [1.165, 1.54) is 7.11 Å². The Kier molecular flexibility index (Phi) is 5.00. The van der Waals surface area contributed by atoms with Gasteiger partial charge in [0.05, 0.1) is 12.8 Å². The van der Waals surface area contributed by atoms with E-state index in [2.05, 4.69) is 32.9 Å². The lowest BCUT2D eigenvalue weighted by molar-refractivity contribution is 0.102. The molecule has 0 saturated carbocycles. The van der Waals surface area contributed by atoms with Crippen molar-refractivity contribution in [3.8, 4) is 5.88 Å². The molecule has 0 aliphatic heterocycles. The van der Waals surface area contributed by atoms with E-state index < -0.39 is 0 Å². The number of carbonyl (C=O) groups is 1. The highest BCUT2D eigenvalue weighted by Crippen LogP contribution is 2.32. The molecule has 1 aromatic carbocycles. The summed E-state index contributed by atoms with van der Waals surface area (Å²) in [6.45, 7) is 0. The minimum atomic E-state index is -0.192. The zero-order valence-electron chi connectivity index (χ0n) is 12.1. The molecular weight excluding hydrogens is 381 g/mol. The zero-order valence-corrected chi connectivity index (χ0v) is 14.2. The maximum atomic E-state index is 12.4. The van der Waals surface area contributed by atoms with Gasteiger partial charge in [-0.2, -0.15) is 0 Å². The lowest BCUT2D eigenvalue weighted by atomic mass is 10.2. The van der Waals surface area contributed by atoms with Crippen LogP contribution in [0, 0.1) is 3.57 Å². The van der Waals surface area contributed by atoms with Crippen LogP contribution in [0.15, 0.2) is 36.5 Å². The van der Waals surface area contributed by atoms with Crippen molar-refractivity contribution in [3.05, 3.63) is 45.7 Å². The van der Waals surface area contributed by atoms with Gasteiger partial charge in [-0.25, -0.2) is 4.98 Å². The molecule has 0 unspecified atom stereocenters. The second-order valence-corrected chi connectivity index (χ2v) is 5.82. The van der Waals surface area contributed by atoms with Gasteiger partial charge in [0.15, 0.2) is 0 Å². The number of carbonyl (C=O) groups excluding carboxylic acids is 1. The largest absolute Gasteiger partial charge is 0.479 e. The van der Waals surface area contributed by atoms with E-state index in [0.29, 0.717) is 17.1 Å². The van der Waals surface area contributed by atoms with Crippen molar-refractivity contribution in [1.29, 1.82) is 0 Å². The van der Waals surface area contributed by atoms with Gasteiger partial charge in [-0.3, -0.25) is 4.79 Å². The van der Waals surface area contributed by atoms with Gasteiger partial charge < -0.3 is 15.0 Å². The number of anilines is 2. The number of nitrogens with zero attached hydrogens (tertiary/aromatic N) is 2. The summed E-state index contributed by atoms with van der Waals surface area (Å²) in [6, 6.07) is 9.22. The van der Waals surface area contributed by atoms with Crippen LogP contribution in [0.1, 0.15) is 10.4 Å². The molecule has 0 fully saturated rings. The summed E-state index contributed by atoms with van der Waals surface area (Å²) < 4.78 is 6.25. The smallest absolute Gasteiger partial charge is 0.255 e. The molecule has 2 aromatic rings. The van der Waals surface area contributed by atoms with Crippen molar-refractivity contribution in [2.24, 2.45) is 0 Å².